The van der Waals surface area contributed by atoms with Gasteiger partial charge in [-0.1, -0.05) is 35.5 Å². The van der Waals surface area contributed by atoms with Gasteiger partial charge in [-0.15, -0.1) is 0 Å². The number of ether oxygens (including phenoxy) is 1. The summed E-state index contributed by atoms with van der Waals surface area (Å²) in [6.45, 7) is 9.26. The van der Waals surface area contributed by atoms with Crippen LogP contribution in [0.2, 0.25) is 0 Å². The fourth-order valence-corrected chi connectivity index (χ4v) is 2.77. The number of hydrogen-bond donors (Lipinski definition) is 0. The molecule has 6 heteroatoms. The number of benzene rings is 1. The van der Waals surface area contributed by atoms with Crippen LogP contribution in [-0.4, -0.2) is 52.8 Å². The van der Waals surface area contributed by atoms with Crippen LogP contribution in [0.5, 0.6) is 0 Å². The summed E-state index contributed by atoms with van der Waals surface area (Å²) in [5.74, 6) is 0.838. The van der Waals surface area contributed by atoms with Crippen molar-refractivity contribution in [3.8, 4) is 11.3 Å². The highest BCUT2D eigenvalue weighted by Crippen LogP contribution is 2.20. The Labute approximate surface area is 148 Å². The first-order valence-corrected chi connectivity index (χ1v) is 8.62. The predicted molar refractivity (Wildman–Crippen MR) is 95.0 cm³/mol. The van der Waals surface area contributed by atoms with Gasteiger partial charge in [0.15, 0.2) is 5.76 Å². The lowest BCUT2D eigenvalue weighted by molar-refractivity contribution is 0.0133. The molecule has 0 aliphatic carbocycles. The number of carbonyl (C=O) groups excluding carboxylic acids is 1. The zero-order valence-electron chi connectivity index (χ0n) is 15.1. The average Bonchev–Trinajstić information content (AvgIpc) is 3.03. The first-order valence-electron chi connectivity index (χ1n) is 8.62. The fourth-order valence-electron chi connectivity index (χ4n) is 2.77. The fraction of sp³-hybridized carbons (Fsp3) is 0.474. The van der Waals surface area contributed by atoms with Crippen LogP contribution >= 0.6 is 0 Å². The Bertz CT molecular complexity index is 698. The number of carbonyl (C=O) groups is 1. The zero-order valence-corrected chi connectivity index (χ0v) is 15.1. The lowest BCUT2D eigenvalue weighted by Gasteiger charge is -2.35. The smallest absolute Gasteiger partial charge is 0.410 e. The van der Waals surface area contributed by atoms with E-state index in [9.17, 15) is 4.79 Å². The minimum atomic E-state index is -0.456. The molecule has 3 rings (SSSR count). The van der Waals surface area contributed by atoms with E-state index in [1.807, 2.05) is 57.2 Å². The number of rotatable bonds is 3. The van der Waals surface area contributed by atoms with Gasteiger partial charge in [-0.25, -0.2) is 4.79 Å². The molecule has 1 amide bonds. The molecule has 0 radical (unpaired) electrons. The van der Waals surface area contributed by atoms with Crippen LogP contribution in [-0.2, 0) is 11.3 Å². The van der Waals surface area contributed by atoms with Crippen molar-refractivity contribution < 1.29 is 14.1 Å². The SMILES string of the molecule is CC(C)(C)OC(=O)N1CCN(Cc2cc(-c3ccccc3)no2)CC1. The normalized spacial score (nSPS) is 16.0. The number of aromatic nitrogens is 1. The molecule has 1 aromatic carbocycles. The largest absolute Gasteiger partial charge is 0.444 e. The molecule has 0 atom stereocenters. The van der Waals surface area contributed by atoms with Crippen LogP contribution < -0.4 is 0 Å². The number of amides is 1. The summed E-state index contributed by atoms with van der Waals surface area (Å²) in [5, 5.41) is 4.15. The standard InChI is InChI=1S/C19H25N3O3/c1-19(2,3)24-18(23)22-11-9-21(10-12-22)14-16-13-17(20-25-16)15-7-5-4-6-8-15/h4-8,13H,9-12,14H2,1-3H3. The van der Waals surface area contributed by atoms with Crippen LogP contribution in [0.1, 0.15) is 26.5 Å². The van der Waals surface area contributed by atoms with Gasteiger partial charge >= 0.3 is 6.09 Å². The van der Waals surface area contributed by atoms with Crippen LogP contribution in [0, 0.1) is 0 Å². The first-order chi connectivity index (χ1) is 11.9. The number of hydrogen-bond acceptors (Lipinski definition) is 5. The van der Waals surface area contributed by atoms with E-state index in [1.165, 1.54) is 0 Å². The Morgan fingerprint density at radius 2 is 1.84 bits per heavy atom. The molecule has 1 saturated heterocycles. The molecule has 0 bridgehead atoms. The molecule has 1 aliphatic rings. The highest BCUT2D eigenvalue weighted by atomic mass is 16.6. The van der Waals surface area contributed by atoms with E-state index >= 15 is 0 Å². The van der Waals surface area contributed by atoms with Gasteiger partial charge < -0.3 is 14.2 Å². The van der Waals surface area contributed by atoms with Crippen molar-refractivity contribution >= 4 is 6.09 Å². The Kier molecular flexibility index (Phi) is 5.08. The summed E-state index contributed by atoms with van der Waals surface area (Å²) < 4.78 is 10.9. The summed E-state index contributed by atoms with van der Waals surface area (Å²) in [6.07, 6.45) is -0.238. The van der Waals surface area contributed by atoms with E-state index in [0.717, 1.165) is 30.1 Å². The van der Waals surface area contributed by atoms with E-state index in [0.29, 0.717) is 19.6 Å². The number of nitrogens with zero attached hydrogens (tertiary/aromatic N) is 3. The van der Waals surface area contributed by atoms with E-state index in [2.05, 4.69) is 10.1 Å². The van der Waals surface area contributed by atoms with Crippen molar-refractivity contribution in [1.82, 2.24) is 15.0 Å². The molecule has 0 unspecified atom stereocenters. The van der Waals surface area contributed by atoms with E-state index < -0.39 is 5.60 Å². The minimum absolute atomic E-state index is 0.238. The topological polar surface area (TPSA) is 58.8 Å². The Morgan fingerprint density at radius 3 is 2.48 bits per heavy atom. The van der Waals surface area contributed by atoms with Crippen molar-refractivity contribution in [1.29, 1.82) is 0 Å². The van der Waals surface area contributed by atoms with Crippen LogP contribution in [0.4, 0.5) is 4.79 Å². The molecule has 6 nitrogen and oxygen atoms in total. The molecule has 0 spiro atoms. The van der Waals surface area contributed by atoms with Crippen LogP contribution in [0.25, 0.3) is 11.3 Å². The molecule has 0 N–H and O–H groups in total. The molecule has 1 aromatic heterocycles. The minimum Gasteiger partial charge on any atom is -0.444 e. The van der Waals surface area contributed by atoms with Gasteiger partial charge in [-0.3, -0.25) is 4.90 Å². The second-order valence-electron chi connectivity index (χ2n) is 7.29. The van der Waals surface area contributed by atoms with Crippen LogP contribution in [0.3, 0.4) is 0 Å². The van der Waals surface area contributed by atoms with E-state index in [-0.39, 0.29) is 6.09 Å². The highest BCUT2D eigenvalue weighted by molar-refractivity contribution is 5.68. The quantitative estimate of drug-likeness (QED) is 0.855. The van der Waals surface area contributed by atoms with Gasteiger partial charge in [-0.05, 0) is 20.8 Å². The Morgan fingerprint density at radius 1 is 1.16 bits per heavy atom. The van der Waals surface area contributed by atoms with Gasteiger partial charge in [-0.2, -0.15) is 0 Å². The maximum absolute atomic E-state index is 12.1. The van der Waals surface area contributed by atoms with Crippen molar-refractivity contribution in [2.24, 2.45) is 0 Å². The average molecular weight is 343 g/mol. The third kappa shape index (κ3) is 4.82. The Balaban J connectivity index is 1.51. The highest BCUT2D eigenvalue weighted by Gasteiger charge is 2.26. The van der Waals surface area contributed by atoms with Crippen LogP contribution in [0.15, 0.2) is 40.9 Å². The van der Waals surface area contributed by atoms with E-state index in [4.69, 9.17) is 9.26 Å². The van der Waals surface area contributed by atoms with Gasteiger partial charge in [0.2, 0.25) is 0 Å². The maximum atomic E-state index is 12.1. The molecule has 134 valence electrons. The molecule has 25 heavy (non-hydrogen) atoms. The van der Waals surface area contributed by atoms with Crippen molar-refractivity contribution in [2.45, 2.75) is 32.9 Å². The summed E-state index contributed by atoms with van der Waals surface area (Å²) in [5.41, 5.74) is 1.44. The third-order valence-electron chi connectivity index (χ3n) is 4.03. The predicted octanol–water partition coefficient (Wildman–Crippen LogP) is 3.39. The monoisotopic (exact) mass is 343 g/mol. The summed E-state index contributed by atoms with van der Waals surface area (Å²) in [6, 6.07) is 12.0. The van der Waals surface area contributed by atoms with Gasteiger partial charge in [0.25, 0.3) is 0 Å². The summed E-state index contributed by atoms with van der Waals surface area (Å²) in [7, 11) is 0. The van der Waals surface area contributed by atoms with Gasteiger partial charge in [0, 0.05) is 37.8 Å². The maximum Gasteiger partial charge on any atom is 0.410 e. The van der Waals surface area contributed by atoms with E-state index in [1.54, 1.807) is 4.90 Å². The Hall–Kier alpha value is -2.34. The van der Waals surface area contributed by atoms with Crippen molar-refractivity contribution in [2.75, 3.05) is 26.2 Å². The lowest BCUT2D eigenvalue weighted by Crippen LogP contribution is -2.49. The van der Waals surface area contributed by atoms with Gasteiger partial charge in [0.1, 0.15) is 11.3 Å². The second kappa shape index (κ2) is 7.27. The molecule has 1 aliphatic heterocycles. The molecular formula is C19H25N3O3. The lowest BCUT2D eigenvalue weighted by atomic mass is 10.1. The summed E-state index contributed by atoms with van der Waals surface area (Å²) >= 11 is 0. The number of piperazine rings is 1. The summed E-state index contributed by atoms with van der Waals surface area (Å²) in [4.78, 5) is 16.1. The third-order valence-corrected chi connectivity index (χ3v) is 4.03. The molecule has 1 fully saturated rings. The molecule has 2 heterocycles. The van der Waals surface area contributed by atoms with Crippen molar-refractivity contribution in [3.63, 3.8) is 0 Å². The molecular weight excluding hydrogens is 318 g/mol. The van der Waals surface area contributed by atoms with Gasteiger partial charge in [0.05, 0.1) is 6.54 Å². The zero-order chi connectivity index (χ0) is 17.9. The molecule has 0 saturated carbocycles. The van der Waals surface area contributed by atoms with Crippen molar-refractivity contribution in [3.05, 3.63) is 42.2 Å². The first kappa shape index (κ1) is 17.5. The second-order valence-corrected chi connectivity index (χ2v) is 7.29. The molecule has 2 aromatic rings.